The van der Waals surface area contributed by atoms with Gasteiger partial charge < -0.3 is 5.11 Å². The maximum atomic E-state index is 10.4. The fraction of sp³-hybridized carbons (Fsp3) is 0.800. The molecule has 0 spiro atoms. The summed E-state index contributed by atoms with van der Waals surface area (Å²) in [7, 11) is 0. The molecule has 0 amide bonds. The Hall–Kier alpha value is -0.790. The van der Waals surface area contributed by atoms with Crippen LogP contribution in [0, 0.1) is 11.8 Å². The summed E-state index contributed by atoms with van der Waals surface area (Å²) in [4.78, 5) is 10.4. The van der Waals surface area contributed by atoms with E-state index in [1.54, 1.807) is 0 Å². The first-order valence-corrected chi connectivity index (χ1v) is 7.12. The van der Waals surface area contributed by atoms with E-state index in [1.165, 1.54) is 32.1 Å². The van der Waals surface area contributed by atoms with Crippen molar-refractivity contribution in [3.8, 4) is 0 Å². The molecule has 2 heteroatoms. The summed E-state index contributed by atoms with van der Waals surface area (Å²) in [5.74, 6) is 1.01. The van der Waals surface area contributed by atoms with Crippen molar-refractivity contribution in [1.82, 2.24) is 0 Å². The van der Waals surface area contributed by atoms with Crippen molar-refractivity contribution in [2.24, 2.45) is 11.8 Å². The molecule has 0 saturated heterocycles. The number of carbonyl (C=O) groups is 1. The maximum Gasteiger partial charge on any atom is 0.303 e. The quantitative estimate of drug-likeness (QED) is 0.502. The molecule has 0 heterocycles. The molecular formula is C15H26O2. The Morgan fingerprint density at radius 2 is 2.12 bits per heavy atom. The van der Waals surface area contributed by atoms with Crippen LogP contribution in [0.3, 0.4) is 0 Å². The Balaban J connectivity index is 2.13. The molecule has 1 fully saturated rings. The first-order valence-electron chi connectivity index (χ1n) is 7.12. The number of hydrogen-bond acceptors (Lipinski definition) is 1. The van der Waals surface area contributed by atoms with E-state index < -0.39 is 5.97 Å². The standard InChI is InChI=1S/C15H26O2/c1-2-3-8-13-10-7-11-14(13)9-5-4-6-12-15(16)17/h3,8,13-14H,2,4-7,9-12H2,1H3,(H,16,17)/t13-,14-/m0/s1. The van der Waals surface area contributed by atoms with Crippen LogP contribution in [-0.4, -0.2) is 11.1 Å². The van der Waals surface area contributed by atoms with Crippen LogP contribution in [0.25, 0.3) is 0 Å². The SMILES string of the molecule is CCC=C[C@H]1CCC[C@@H]1CCCCCC(=O)O. The predicted octanol–water partition coefficient (Wildman–Crippen LogP) is 4.40. The third-order valence-corrected chi connectivity index (χ3v) is 3.80. The van der Waals surface area contributed by atoms with E-state index >= 15 is 0 Å². The van der Waals surface area contributed by atoms with Crippen molar-refractivity contribution in [2.45, 2.75) is 64.7 Å². The van der Waals surface area contributed by atoms with Crippen molar-refractivity contribution in [3.63, 3.8) is 0 Å². The molecule has 2 nitrogen and oxygen atoms in total. The number of carboxylic acids is 1. The first-order chi connectivity index (χ1) is 8.24. The molecule has 1 aliphatic rings. The lowest BCUT2D eigenvalue weighted by molar-refractivity contribution is -0.137. The van der Waals surface area contributed by atoms with Gasteiger partial charge in [0.15, 0.2) is 0 Å². The smallest absolute Gasteiger partial charge is 0.303 e. The van der Waals surface area contributed by atoms with Gasteiger partial charge in [-0.05, 0) is 43.9 Å². The molecule has 0 aromatic carbocycles. The monoisotopic (exact) mass is 238 g/mol. The minimum Gasteiger partial charge on any atom is -0.481 e. The second kappa shape index (κ2) is 8.32. The van der Waals surface area contributed by atoms with Crippen LogP contribution in [0.2, 0.25) is 0 Å². The van der Waals surface area contributed by atoms with E-state index in [4.69, 9.17) is 5.11 Å². The van der Waals surface area contributed by atoms with Gasteiger partial charge in [-0.25, -0.2) is 0 Å². The third-order valence-electron chi connectivity index (χ3n) is 3.80. The van der Waals surface area contributed by atoms with Crippen molar-refractivity contribution in [3.05, 3.63) is 12.2 Å². The van der Waals surface area contributed by atoms with Crippen LogP contribution in [-0.2, 0) is 4.79 Å². The van der Waals surface area contributed by atoms with Gasteiger partial charge in [0, 0.05) is 6.42 Å². The van der Waals surface area contributed by atoms with Crippen molar-refractivity contribution in [2.75, 3.05) is 0 Å². The third kappa shape index (κ3) is 5.90. The number of hydrogen-bond donors (Lipinski definition) is 1. The van der Waals surface area contributed by atoms with Crippen LogP contribution >= 0.6 is 0 Å². The van der Waals surface area contributed by atoms with Crippen molar-refractivity contribution in [1.29, 1.82) is 0 Å². The zero-order chi connectivity index (χ0) is 12.5. The first kappa shape index (κ1) is 14.3. The Bertz CT molecular complexity index is 245. The average molecular weight is 238 g/mol. The van der Waals surface area contributed by atoms with E-state index in [0.29, 0.717) is 6.42 Å². The number of unbranched alkanes of at least 4 members (excludes halogenated alkanes) is 2. The molecular weight excluding hydrogens is 212 g/mol. The van der Waals surface area contributed by atoms with Gasteiger partial charge in [-0.1, -0.05) is 38.3 Å². The summed E-state index contributed by atoms with van der Waals surface area (Å²) in [5, 5.41) is 8.55. The van der Waals surface area contributed by atoms with Gasteiger partial charge in [-0.3, -0.25) is 4.79 Å². The molecule has 0 bridgehead atoms. The highest BCUT2D eigenvalue weighted by atomic mass is 16.4. The Labute approximate surface area is 105 Å². The maximum absolute atomic E-state index is 10.4. The number of carboxylic acid groups (broad SMARTS) is 1. The minimum absolute atomic E-state index is 0.337. The minimum atomic E-state index is -0.658. The normalized spacial score (nSPS) is 24.5. The van der Waals surface area contributed by atoms with Crippen LogP contribution < -0.4 is 0 Å². The number of allylic oxidation sites excluding steroid dienone is 2. The van der Waals surface area contributed by atoms with Gasteiger partial charge in [0.2, 0.25) is 0 Å². The second-order valence-corrected chi connectivity index (χ2v) is 5.18. The molecule has 0 radical (unpaired) electrons. The van der Waals surface area contributed by atoms with Crippen LogP contribution in [0.1, 0.15) is 64.7 Å². The highest BCUT2D eigenvalue weighted by Crippen LogP contribution is 2.36. The fourth-order valence-corrected chi connectivity index (χ4v) is 2.85. The number of aliphatic carboxylic acids is 1. The zero-order valence-electron chi connectivity index (χ0n) is 11.0. The largest absolute Gasteiger partial charge is 0.481 e. The Morgan fingerprint density at radius 1 is 1.29 bits per heavy atom. The van der Waals surface area contributed by atoms with Crippen LogP contribution in [0.5, 0.6) is 0 Å². The van der Waals surface area contributed by atoms with Crippen LogP contribution in [0.15, 0.2) is 12.2 Å². The van der Waals surface area contributed by atoms with Gasteiger partial charge >= 0.3 is 5.97 Å². The predicted molar refractivity (Wildman–Crippen MR) is 71.0 cm³/mol. The van der Waals surface area contributed by atoms with Crippen LogP contribution in [0.4, 0.5) is 0 Å². The van der Waals surface area contributed by atoms with E-state index in [-0.39, 0.29) is 0 Å². The highest BCUT2D eigenvalue weighted by molar-refractivity contribution is 5.66. The molecule has 0 unspecified atom stereocenters. The van der Waals surface area contributed by atoms with Gasteiger partial charge in [-0.2, -0.15) is 0 Å². The Morgan fingerprint density at radius 3 is 2.82 bits per heavy atom. The lowest BCUT2D eigenvalue weighted by Crippen LogP contribution is -2.05. The lowest BCUT2D eigenvalue weighted by Gasteiger charge is -2.15. The molecule has 0 aromatic rings. The molecule has 1 aliphatic carbocycles. The molecule has 0 aromatic heterocycles. The van der Waals surface area contributed by atoms with Crippen molar-refractivity contribution >= 4 is 5.97 Å². The summed E-state index contributed by atoms with van der Waals surface area (Å²) in [6.45, 7) is 2.19. The van der Waals surface area contributed by atoms with E-state index in [0.717, 1.165) is 31.1 Å². The van der Waals surface area contributed by atoms with Crippen molar-refractivity contribution < 1.29 is 9.90 Å². The Kier molecular flexibility index (Phi) is 6.99. The molecule has 98 valence electrons. The fourth-order valence-electron chi connectivity index (χ4n) is 2.85. The molecule has 1 saturated carbocycles. The molecule has 1 N–H and O–H groups in total. The number of rotatable bonds is 8. The van der Waals surface area contributed by atoms with Gasteiger partial charge in [0.05, 0.1) is 0 Å². The van der Waals surface area contributed by atoms with E-state index in [1.807, 2.05) is 0 Å². The molecule has 17 heavy (non-hydrogen) atoms. The highest BCUT2D eigenvalue weighted by Gasteiger charge is 2.24. The summed E-state index contributed by atoms with van der Waals surface area (Å²) < 4.78 is 0. The summed E-state index contributed by atoms with van der Waals surface area (Å²) in [6.07, 6.45) is 14.7. The molecule has 2 atom stereocenters. The van der Waals surface area contributed by atoms with Gasteiger partial charge in [0.1, 0.15) is 0 Å². The molecule has 1 rings (SSSR count). The summed E-state index contributed by atoms with van der Waals surface area (Å²) in [5.41, 5.74) is 0. The summed E-state index contributed by atoms with van der Waals surface area (Å²) >= 11 is 0. The van der Waals surface area contributed by atoms with E-state index in [9.17, 15) is 4.79 Å². The lowest BCUT2D eigenvalue weighted by atomic mass is 9.90. The summed E-state index contributed by atoms with van der Waals surface area (Å²) in [6, 6.07) is 0. The second-order valence-electron chi connectivity index (χ2n) is 5.18. The van der Waals surface area contributed by atoms with Gasteiger partial charge in [-0.15, -0.1) is 0 Å². The average Bonchev–Trinajstić information content (AvgIpc) is 2.73. The molecule has 0 aliphatic heterocycles. The zero-order valence-corrected chi connectivity index (χ0v) is 11.0. The van der Waals surface area contributed by atoms with E-state index in [2.05, 4.69) is 19.1 Å². The van der Waals surface area contributed by atoms with Gasteiger partial charge in [0.25, 0.3) is 0 Å². The topological polar surface area (TPSA) is 37.3 Å².